The first-order valence-electron chi connectivity index (χ1n) is 1.48. The zero-order valence-corrected chi connectivity index (χ0v) is 6.77. The van der Waals surface area contributed by atoms with Gasteiger partial charge in [-0.25, -0.2) is 4.79 Å². The molecule has 0 spiro atoms. The van der Waals surface area contributed by atoms with Gasteiger partial charge in [0.25, 0.3) is 0 Å². The number of carbonyl (C=O) groups excluding carboxylic acids is 1. The lowest BCUT2D eigenvalue weighted by molar-refractivity contribution is 0.162. The van der Waals surface area contributed by atoms with E-state index in [1.165, 1.54) is 0 Å². The second kappa shape index (κ2) is 3.85. The molecule has 2 N–H and O–H groups in total. The second-order valence-electron chi connectivity index (χ2n) is 0.742. The van der Waals surface area contributed by atoms with E-state index in [0.717, 1.165) is 0 Å². The van der Waals surface area contributed by atoms with Crippen molar-refractivity contribution < 1.29 is 9.63 Å². The summed E-state index contributed by atoms with van der Waals surface area (Å²) in [5.41, 5.74) is 4.53. The van der Waals surface area contributed by atoms with Gasteiger partial charge in [-0.3, -0.25) is 4.84 Å². The third kappa shape index (κ3) is 5.90. The minimum absolute atomic E-state index is 0.281. The Bertz CT molecular complexity index is 119. The summed E-state index contributed by atoms with van der Waals surface area (Å²) in [6.07, 6.45) is -0.943. The van der Waals surface area contributed by atoms with Crippen LogP contribution in [0.5, 0.6) is 0 Å². The van der Waals surface area contributed by atoms with Gasteiger partial charge < -0.3 is 5.73 Å². The van der Waals surface area contributed by atoms with Gasteiger partial charge in [0.2, 0.25) is 0 Å². The molecule has 0 saturated heterocycles. The molecule has 0 unspecified atom stereocenters. The molecule has 0 fully saturated rings. The van der Waals surface area contributed by atoms with Crippen molar-refractivity contribution in [3.8, 4) is 0 Å². The van der Waals surface area contributed by atoms with E-state index >= 15 is 0 Å². The number of carbonyl (C=O) groups is 1. The summed E-state index contributed by atoms with van der Waals surface area (Å²) < 4.78 is 0.281. The van der Waals surface area contributed by atoms with Gasteiger partial charge in [-0.1, -0.05) is 5.16 Å². The Hall–Kier alpha value is -0.100. The minimum Gasteiger partial charge on any atom is -0.333 e. The average Bonchev–Trinajstić information content (AvgIpc) is 1.61. The van der Waals surface area contributed by atoms with E-state index in [4.69, 9.17) is 0 Å². The Balaban J connectivity index is 3.45. The van der Waals surface area contributed by atoms with E-state index in [1.807, 2.05) is 0 Å². The Morgan fingerprint density at radius 2 is 2.12 bits per heavy atom. The SMILES string of the molecule is NC(=O)ON=C(Br)Br. The van der Waals surface area contributed by atoms with Crippen molar-refractivity contribution >= 4 is 41.5 Å². The molecule has 0 rings (SSSR count). The molecule has 0 heterocycles. The number of rotatable bonds is 1. The number of oxime groups is 1. The quantitative estimate of drug-likeness (QED) is 0.428. The molecular formula is C2H2Br2N2O2. The smallest absolute Gasteiger partial charge is 0.333 e. The molecule has 0 saturated carbocycles. The number of nitrogens with two attached hydrogens (primary N) is 1. The van der Waals surface area contributed by atoms with E-state index in [9.17, 15) is 4.79 Å². The maximum absolute atomic E-state index is 9.75. The molecule has 8 heavy (non-hydrogen) atoms. The highest BCUT2D eigenvalue weighted by Gasteiger charge is 1.89. The summed E-state index contributed by atoms with van der Waals surface area (Å²) in [6, 6.07) is 0. The van der Waals surface area contributed by atoms with Crippen LogP contribution in [0.2, 0.25) is 0 Å². The molecule has 0 bridgehead atoms. The molecule has 0 aromatic carbocycles. The lowest BCUT2D eigenvalue weighted by atomic mass is 11.3. The van der Waals surface area contributed by atoms with E-state index in [0.29, 0.717) is 0 Å². The molecule has 0 atom stereocenters. The van der Waals surface area contributed by atoms with Crippen LogP contribution in [0.1, 0.15) is 0 Å². The van der Waals surface area contributed by atoms with E-state index in [2.05, 4.69) is 47.6 Å². The minimum atomic E-state index is -0.943. The van der Waals surface area contributed by atoms with Gasteiger partial charge in [0.1, 0.15) is 0 Å². The molecule has 0 aliphatic heterocycles. The molecule has 46 valence electrons. The van der Waals surface area contributed by atoms with Gasteiger partial charge in [-0.2, -0.15) is 0 Å². The molecule has 6 heteroatoms. The van der Waals surface area contributed by atoms with Crippen LogP contribution in [0.3, 0.4) is 0 Å². The van der Waals surface area contributed by atoms with Crippen LogP contribution >= 0.6 is 31.9 Å². The van der Waals surface area contributed by atoms with Gasteiger partial charge in [0.15, 0.2) is 3.53 Å². The van der Waals surface area contributed by atoms with Crippen LogP contribution in [-0.4, -0.2) is 9.62 Å². The molecule has 4 nitrogen and oxygen atoms in total. The highest BCUT2D eigenvalue weighted by atomic mass is 79.9. The Labute approximate surface area is 62.3 Å². The first-order valence-corrected chi connectivity index (χ1v) is 3.07. The highest BCUT2D eigenvalue weighted by molar-refractivity contribution is 9.39. The van der Waals surface area contributed by atoms with Crippen LogP contribution < -0.4 is 5.73 Å². The maximum Gasteiger partial charge on any atom is 0.430 e. The fraction of sp³-hybridized carbons (Fsp3) is 0. The van der Waals surface area contributed by atoms with E-state index < -0.39 is 6.09 Å². The van der Waals surface area contributed by atoms with Crippen molar-refractivity contribution in [2.24, 2.45) is 10.9 Å². The summed E-state index contributed by atoms with van der Waals surface area (Å²) >= 11 is 5.67. The van der Waals surface area contributed by atoms with Crippen LogP contribution in [-0.2, 0) is 4.84 Å². The van der Waals surface area contributed by atoms with Crippen molar-refractivity contribution in [1.29, 1.82) is 0 Å². The predicted octanol–water partition coefficient (Wildman–Crippen LogP) is 1.14. The van der Waals surface area contributed by atoms with Gasteiger partial charge in [-0.15, -0.1) is 0 Å². The Morgan fingerprint density at radius 1 is 1.62 bits per heavy atom. The van der Waals surface area contributed by atoms with Crippen molar-refractivity contribution in [3.05, 3.63) is 0 Å². The van der Waals surface area contributed by atoms with Crippen LogP contribution in [0.25, 0.3) is 0 Å². The van der Waals surface area contributed by atoms with Gasteiger partial charge >= 0.3 is 6.09 Å². The molecule has 1 amide bonds. The summed E-state index contributed by atoms with van der Waals surface area (Å²) in [5, 5.41) is 3.10. The predicted molar refractivity (Wildman–Crippen MR) is 36.0 cm³/mol. The number of nitrogens with zero attached hydrogens (tertiary/aromatic N) is 1. The number of primary amides is 1. The van der Waals surface area contributed by atoms with Crippen LogP contribution in [0.4, 0.5) is 4.79 Å². The van der Waals surface area contributed by atoms with E-state index in [1.54, 1.807) is 0 Å². The highest BCUT2D eigenvalue weighted by Crippen LogP contribution is 1.97. The largest absolute Gasteiger partial charge is 0.430 e. The summed E-state index contributed by atoms with van der Waals surface area (Å²) in [5.74, 6) is 0. The first-order chi connectivity index (χ1) is 3.63. The number of halogens is 2. The van der Waals surface area contributed by atoms with Crippen LogP contribution in [0, 0.1) is 0 Å². The maximum atomic E-state index is 9.75. The second-order valence-corrected chi connectivity index (χ2v) is 3.31. The van der Waals surface area contributed by atoms with Gasteiger partial charge in [0.05, 0.1) is 0 Å². The van der Waals surface area contributed by atoms with Crippen molar-refractivity contribution in [2.75, 3.05) is 0 Å². The Kier molecular flexibility index (Phi) is 3.80. The molecule has 0 aliphatic rings. The third-order valence-corrected chi connectivity index (χ3v) is 0.494. The average molecular weight is 246 g/mol. The number of amides is 1. The van der Waals surface area contributed by atoms with Gasteiger partial charge in [0, 0.05) is 0 Å². The normalized spacial score (nSPS) is 7.75. The summed E-state index contributed by atoms with van der Waals surface area (Å²) in [6.45, 7) is 0. The van der Waals surface area contributed by atoms with Gasteiger partial charge in [-0.05, 0) is 31.9 Å². The standard InChI is InChI=1S/C2H2Br2N2O2/c3-1(4)6-8-2(5)7/h(H2,5,7). The summed E-state index contributed by atoms with van der Waals surface area (Å²) in [4.78, 5) is 13.7. The lowest BCUT2D eigenvalue weighted by Gasteiger charge is -1.85. The molecule has 0 aromatic rings. The fourth-order valence-electron chi connectivity index (χ4n) is 0.0795. The topological polar surface area (TPSA) is 64.7 Å². The van der Waals surface area contributed by atoms with Crippen LogP contribution in [0.15, 0.2) is 5.16 Å². The number of hydrogen-bond donors (Lipinski definition) is 1. The molecule has 0 aromatic heterocycles. The van der Waals surface area contributed by atoms with Crippen molar-refractivity contribution in [3.63, 3.8) is 0 Å². The molecule has 0 radical (unpaired) electrons. The fourth-order valence-corrected chi connectivity index (χ4v) is 0.224. The zero-order valence-electron chi connectivity index (χ0n) is 3.60. The van der Waals surface area contributed by atoms with E-state index in [-0.39, 0.29) is 3.53 Å². The monoisotopic (exact) mass is 244 g/mol. The number of hydrogen-bond acceptors (Lipinski definition) is 3. The zero-order chi connectivity index (χ0) is 6.57. The lowest BCUT2D eigenvalue weighted by Crippen LogP contribution is -2.09. The third-order valence-electron chi connectivity index (χ3n) is 0.205. The summed E-state index contributed by atoms with van der Waals surface area (Å²) in [7, 11) is 0. The first kappa shape index (κ1) is 7.90. The van der Waals surface area contributed by atoms with Crippen molar-refractivity contribution in [2.45, 2.75) is 0 Å². The molecule has 0 aliphatic carbocycles. The molecular weight excluding hydrogens is 244 g/mol. The van der Waals surface area contributed by atoms with Crippen molar-refractivity contribution in [1.82, 2.24) is 0 Å². The Morgan fingerprint density at radius 3 is 2.25 bits per heavy atom.